The molecule has 1 rings (SSSR count). The third kappa shape index (κ3) is 44.3. The summed E-state index contributed by atoms with van der Waals surface area (Å²) in [6, 6.07) is 0. The number of ether oxygens (including phenoxy) is 5. The maximum Gasteiger partial charge on any atom is 0.335 e. The summed E-state index contributed by atoms with van der Waals surface area (Å²) in [4.78, 5) is 51.3. The number of aliphatic hydroxyl groups excluding tert-OH is 2. The topological polar surface area (TPSA) is 175 Å². The molecule has 1 aliphatic rings. The largest absolute Gasteiger partial charge is 0.479 e. The zero-order valence-electron chi connectivity index (χ0n) is 49.8. The standard InChI is InChI=1S/C67H112O12/c1-4-7-10-13-16-19-22-25-27-29-30-32-33-36-38-41-44-47-50-53-59(68)75-56-58(77-60(69)54-51-48-45-42-40-37-34-31-28-26-23-20-17-14-11-8-5-2)57-76-67-65(63(72)62(71)64(79-67)66(73)74)78-61(70)55-52-49-46-43-39-35-24-21-18-15-12-9-6-3/h8,11,16-17,19-21,24-28,30,32,58,62-65,67,71-72H,4-7,9-10,12-15,18,22-23,29,31,33-57H2,1-3H3,(H,73,74)/b11-8-,19-16-,20-17-,24-21-,27-25-,28-26-,32-30-. The number of allylic oxidation sites excluding steroid dienone is 14. The minimum Gasteiger partial charge on any atom is -0.479 e. The molecule has 12 nitrogen and oxygen atoms in total. The number of aliphatic carboxylic acids is 1. The third-order valence-electron chi connectivity index (χ3n) is 13.9. The summed E-state index contributed by atoms with van der Waals surface area (Å²) in [7, 11) is 0. The van der Waals surface area contributed by atoms with Gasteiger partial charge in [0.25, 0.3) is 0 Å². The average molecular weight is 1110 g/mol. The molecule has 0 bridgehead atoms. The van der Waals surface area contributed by atoms with Gasteiger partial charge in [-0.1, -0.05) is 215 Å². The van der Waals surface area contributed by atoms with Gasteiger partial charge in [0.2, 0.25) is 0 Å². The van der Waals surface area contributed by atoms with E-state index in [1.165, 1.54) is 51.4 Å². The van der Waals surface area contributed by atoms with Crippen LogP contribution in [0.1, 0.15) is 265 Å². The summed E-state index contributed by atoms with van der Waals surface area (Å²) in [6.45, 7) is 5.83. The number of aliphatic hydroxyl groups is 2. The van der Waals surface area contributed by atoms with Crippen molar-refractivity contribution in [3.8, 4) is 0 Å². The Balaban J connectivity index is 2.69. The molecule has 1 fully saturated rings. The normalized spacial score (nSPS) is 18.4. The van der Waals surface area contributed by atoms with Gasteiger partial charge in [-0.2, -0.15) is 0 Å². The van der Waals surface area contributed by atoms with Crippen molar-refractivity contribution in [3.63, 3.8) is 0 Å². The van der Waals surface area contributed by atoms with E-state index in [4.69, 9.17) is 23.7 Å². The van der Waals surface area contributed by atoms with Crippen LogP contribution in [0.3, 0.4) is 0 Å². The van der Waals surface area contributed by atoms with Crippen LogP contribution in [0.5, 0.6) is 0 Å². The lowest BCUT2D eigenvalue weighted by Crippen LogP contribution is -2.61. The smallest absolute Gasteiger partial charge is 0.335 e. The number of carbonyl (C=O) groups is 4. The number of hydrogen-bond acceptors (Lipinski definition) is 11. The summed E-state index contributed by atoms with van der Waals surface area (Å²) in [5, 5.41) is 31.5. The highest BCUT2D eigenvalue weighted by molar-refractivity contribution is 5.74. The molecule has 452 valence electrons. The molecule has 3 N–H and O–H groups in total. The molecule has 6 atom stereocenters. The third-order valence-corrected chi connectivity index (χ3v) is 13.9. The second kappa shape index (κ2) is 54.5. The number of carboxylic acids is 1. The average Bonchev–Trinajstić information content (AvgIpc) is 3.46. The second-order valence-corrected chi connectivity index (χ2v) is 21.3. The van der Waals surface area contributed by atoms with Crippen LogP contribution >= 0.6 is 0 Å². The first-order valence-corrected chi connectivity index (χ1v) is 31.6. The first-order chi connectivity index (χ1) is 38.6. The first-order valence-electron chi connectivity index (χ1n) is 31.6. The van der Waals surface area contributed by atoms with Crippen LogP contribution in [0.2, 0.25) is 0 Å². The molecule has 12 heteroatoms. The van der Waals surface area contributed by atoms with Crippen LogP contribution in [0.4, 0.5) is 0 Å². The Bertz CT molecular complexity index is 1700. The van der Waals surface area contributed by atoms with Crippen LogP contribution in [-0.4, -0.2) is 89.2 Å². The molecule has 0 aromatic rings. The van der Waals surface area contributed by atoms with Crippen molar-refractivity contribution in [2.75, 3.05) is 13.2 Å². The molecule has 0 spiro atoms. The highest BCUT2D eigenvalue weighted by atomic mass is 16.7. The van der Waals surface area contributed by atoms with Gasteiger partial charge in [-0.15, -0.1) is 0 Å². The highest BCUT2D eigenvalue weighted by Gasteiger charge is 2.50. The van der Waals surface area contributed by atoms with E-state index in [-0.39, 0.29) is 25.9 Å². The van der Waals surface area contributed by atoms with Gasteiger partial charge in [0, 0.05) is 19.3 Å². The van der Waals surface area contributed by atoms with E-state index in [1.807, 2.05) is 0 Å². The predicted molar refractivity (Wildman–Crippen MR) is 321 cm³/mol. The van der Waals surface area contributed by atoms with Crippen molar-refractivity contribution in [2.24, 2.45) is 0 Å². The summed E-state index contributed by atoms with van der Waals surface area (Å²) < 4.78 is 28.5. The van der Waals surface area contributed by atoms with Gasteiger partial charge in [0.1, 0.15) is 18.8 Å². The lowest BCUT2D eigenvalue weighted by Gasteiger charge is -2.40. The van der Waals surface area contributed by atoms with Crippen molar-refractivity contribution in [2.45, 2.75) is 302 Å². The number of rotatable bonds is 53. The Morgan fingerprint density at radius 3 is 1.25 bits per heavy atom. The molecular weight excluding hydrogens is 997 g/mol. The highest BCUT2D eigenvalue weighted by Crippen LogP contribution is 2.26. The van der Waals surface area contributed by atoms with E-state index in [9.17, 15) is 34.5 Å². The second-order valence-electron chi connectivity index (χ2n) is 21.3. The minimum atomic E-state index is -1.91. The molecule has 79 heavy (non-hydrogen) atoms. The molecule has 1 saturated heterocycles. The maximum atomic E-state index is 13.2. The first kappa shape index (κ1) is 72.9. The Labute approximate surface area is 480 Å². The molecule has 0 saturated carbocycles. The summed E-state index contributed by atoms with van der Waals surface area (Å²) in [6.07, 6.45) is 58.2. The van der Waals surface area contributed by atoms with Crippen molar-refractivity contribution in [1.29, 1.82) is 0 Å². The van der Waals surface area contributed by atoms with E-state index in [0.717, 1.165) is 154 Å². The predicted octanol–water partition coefficient (Wildman–Crippen LogP) is 16.7. The van der Waals surface area contributed by atoms with Crippen LogP contribution in [0.15, 0.2) is 85.1 Å². The molecular formula is C67H112O12. The summed E-state index contributed by atoms with van der Waals surface area (Å²) >= 11 is 0. The Hall–Kier alpha value is -4.10. The minimum absolute atomic E-state index is 0.0455. The molecule has 0 radical (unpaired) electrons. The zero-order valence-corrected chi connectivity index (χ0v) is 49.8. The Morgan fingerprint density at radius 1 is 0.430 bits per heavy atom. The maximum absolute atomic E-state index is 13.2. The van der Waals surface area contributed by atoms with Gasteiger partial charge >= 0.3 is 23.9 Å². The lowest BCUT2D eigenvalue weighted by molar-refractivity contribution is -0.301. The van der Waals surface area contributed by atoms with E-state index in [1.54, 1.807) is 0 Å². The van der Waals surface area contributed by atoms with Crippen molar-refractivity contribution in [3.05, 3.63) is 85.1 Å². The fourth-order valence-electron chi connectivity index (χ4n) is 9.09. The van der Waals surface area contributed by atoms with E-state index in [0.29, 0.717) is 19.3 Å². The van der Waals surface area contributed by atoms with Gasteiger partial charge in [-0.3, -0.25) is 14.4 Å². The Kier molecular flexibility index (Phi) is 50.3. The van der Waals surface area contributed by atoms with Gasteiger partial charge < -0.3 is 39.0 Å². The molecule has 1 heterocycles. The van der Waals surface area contributed by atoms with Crippen LogP contribution in [-0.2, 0) is 42.9 Å². The van der Waals surface area contributed by atoms with Gasteiger partial charge in [-0.05, 0) is 116 Å². The van der Waals surface area contributed by atoms with Crippen LogP contribution < -0.4 is 0 Å². The van der Waals surface area contributed by atoms with Crippen LogP contribution in [0.25, 0.3) is 0 Å². The molecule has 0 aromatic carbocycles. The number of hydrogen-bond donors (Lipinski definition) is 3. The summed E-state index contributed by atoms with van der Waals surface area (Å²) in [5.74, 6) is -3.16. The summed E-state index contributed by atoms with van der Waals surface area (Å²) in [5.41, 5.74) is 0. The number of unbranched alkanes of at least 4 members (excludes halogenated alkanes) is 25. The van der Waals surface area contributed by atoms with Gasteiger partial charge in [0.05, 0.1) is 6.61 Å². The van der Waals surface area contributed by atoms with Gasteiger partial charge in [0.15, 0.2) is 24.6 Å². The van der Waals surface area contributed by atoms with Gasteiger partial charge in [-0.25, -0.2) is 4.79 Å². The zero-order chi connectivity index (χ0) is 57.5. The van der Waals surface area contributed by atoms with E-state index < -0.39 is 67.3 Å². The fraction of sp³-hybridized carbons (Fsp3) is 0.731. The molecule has 0 amide bonds. The van der Waals surface area contributed by atoms with E-state index in [2.05, 4.69) is 106 Å². The Morgan fingerprint density at radius 2 is 0.797 bits per heavy atom. The van der Waals surface area contributed by atoms with E-state index >= 15 is 0 Å². The number of carbonyl (C=O) groups excluding carboxylic acids is 3. The quantitative estimate of drug-likeness (QED) is 0.0228. The monoisotopic (exact) mass is 1110 g/mol. The number of carboxylic acid groups (broad SMARTS) is 1. The molecule has 1 aliphatic heterocycles. The van der Waals surface area contributed by atoms with Crippen molar-refractivity contribution >= 4 is 23.9 Å². The lowest BCUT2D eigenvalue weighted by atomic mass is 9.98. The van der Waals surface area contributed by atoms with Crippen LogP contribution in [0, 0.1) is 0 Å². The van der Waals surface area contributed by atoms with Crippen molar-refractivity contribution < 1.29 is 58.2 Å². The van der Waals surface area contributed by atoms with Crippen molar-refractivity contribution in [1.82, 2.24) is 0 Å². The number of esters is 3. The molecule has 0 aliphatic carbocycles. The molecule has 6 unspecified atom stereocenters. The molecule has 0 aromatic heterocycles. The fourth-order valence-corrected chi connectivity index (χ4v) is 9.09. The SMILES string of the molecule is CC/C=C\C/C=C\C/C=C\CCCCCCCCCC(=O)OC(COC(=O)CCCCCCCC/C=C\C/C=C\C/C=C\CCCCC)COC1OC(C(=O)O)C(O)C(O)C1OC(=O)CCCCCCC/C=C\CCCCCC.